The molecule has 0 saturated carbocycles. The van der Waals surface area contributed by atoms with Gasteiger partial charge in [-0.2, -0.15) is 0 Å². The van der Waals surface area contributed by atoms with E-state index in [0.29, 0.717) is 5.16 Å². The Morgan fingerprint density at radius 2 is 1.45 bits per heavy atom. The van der Waals surface area contributed by atoms with Crippen molar-refractivity contribution < 1.29 is 36.4 Å². The van der Waals surface area contributed by atoms with E-state index >= 15 is 0 Å². The quantitative estimate of drug-likeness (QED) is 0.314. The molecule has 118 valence electrons. The van der Waals surface area contributed by atoms with Crippen LogP contribution in [0.3, 0.4) is 0 Å². The maximum atomic E-state index is 8.63. The Labute approximate surface area is 139 Å². The predicted octanol–water partition coefficient (Wildman–Crippen LogP) is 1.04. The fraction of sp³-hybridized carbons (Fsp3) is 1.00. The third kappa shape index (κ3) is 15.3. The molecule has 0 aromatic rings. The first-order chi connectivity index (χ1) is 8.64. The molecular weight excluding hydrogens is 290 g/mol. The van der Waals surface area contributed by atoms with Gasteiger partial charge in [-0.3, -0.25) is 4.55 Å². The molecule has 2 atom stereocenters. The van der Waals surface area contributed by atoms with Gasteiger partial charge in [0.25, 0.3) is 0 Å². The normalized spacial score (nSPS) is 12.9. The molecule has 0 saturated heterocycles. The van der Waals surface area contributed by atoms with Crippen molar-refractivity contribution in [2.45, 2.75) is 77.8 Å². The van der Waals surface area contributed by atoms with Crippen molar-refractivity contribution in [3.05, 3.63) is 0 Å². The third-order valence-electron chi connectivity index (χ3n) is 3.37. The van der Waals surface area contributed by atoms with Crippen molar-refractivity contribution in [3.8, 4) is 0 Å². The Balaban J connectivity index is -0.000000414. The molecule has 2 unspecified atom stereocenters. The van der Waals surface area contributed by atoms with E-state index in [1.54, 1.807) is 0 Å². The van der Waals surface area contributed by atoms with E-state index in [1.807, 2.05) is 0 Å². The van der Waals surface area contributed by atoms with E-state index < -0.39 is 10.4 Å². The van der Waals surface area contributed by atoms with Crippen LogP contribution in [0.1, 0.15) is 72.6 Å². The van der Waals surface area contributed by atoms with Crippen molar-refractivity contribution in [3.63, 3.8) is 0 Å². The summed E-state index contributed by atoms with van der Waals surface area (Å²) in [5, 5.41) is 0.536. The van der Waals surface area contributed by atoms with Crippen LogP contribution in [-0.4, -0.2) is 22.7 Å². The van der Waals surface area contributed by atoms with Gasteiger partial charge in [-0.05, 0) is 30.3 Å². The average molecular weight is 320 g/mol. The van der Waals surface area contributed by atoms with Gasteiger partial charge in [0.1, 0.15) is 0 Å². The Bertz CT molecular complexity index is 295. The smallest absolute Gasteiger partial charge is 0.726 e. The predicted molar refractivity (Wildman–Crippen MR) is 83.3 cm³/mol. The van der Waals surface area contributed by atoms with E-state index in [2.05, 4.69) is 36.9 Å². The molecule has 0 aliphatic carbocycles. The van der Waals surface area contributed by atoms with Crippen LogP contribution >= 0.6 is 9.24 Å². The Morgan fingerprint density at radius 1 is 1.10 bits per heavy atom. The average Bonchev–Trinajstić information content (AvgIpc) is 2.24. The molecule has 0 spiro atoms. The van der Waals surface area contributed by atoms with Crippen molar-refractivity contribution in [1.29, 1.82) is 0 Å². The largest absolute Gasteiger partial charge is 1.00 e. The summed E-state index contributed by atoms with van der Waals surface area (Å²) in [6.45, 7) is 9.29. The molecule has 0 radical (unpaired) electrons. The van der Waals surface area contributed by atoms with Crippen molar-refractivity contribution >= 4 is 19.6 Å². The van der Waals surface area contributed by atoms with Crippen molar-refractivity contribution in [2.24, 2.45) is 5.92 Å². The van der Waals surface area contributed by atoms with Crippen LogP contribution in [-0.2, 0) is 10.4 Å². The molecule has 0 aromatic carbocycles. The van der Waals surface area contributed by atoms with Gasteiger partial charge in [-0.1, -0.05) is 53.4 Å². The molecule has 0 fully saturated rings. The van der Waals surface area contributed by atoms with Gasteiger partial charge < -0.3 is 4.55 Å². The molecule has 0 aliphatic rings. The van der Waals surface area contributed by atoms with Gasteiger partial charge in [-0.25, -0.2) is 8.42 Å². The van der Waals surface area contributed by atoms with Crippen LogP contribution < -0.4 is 18.9 Å². The molecule has 0 heterocycles. The number of hydrogen-bond acceptors (Lipinski definition) is 3. The Kier molecular flexibility index (Phi) is 17.5. The molecule has 20 heavy (non-hydrogen) atoms. The first-order valence-electron chi connectivity index (χ1n) is 7.11. The summed E-state index contributed by atoms with van der Waals surface area (Å²) in [6, 6.07) is 0. The zero-order valence-electron chi connectivity index (χ0n) is 13.7. The molecule has 1 N–H and O–H groups in total. The second-order valence-corrected chi connectivity index (χ2v) is 7.06. The molecule has 0 aromatic heterocycles. The van der Waals surface area contributed by atoms with Crippen LogP contribution in [0.15, 0.2) is 0 Å². The molecule has 0 amide bonds. The zero-order valence-corrected chi connectivity index (χ0v) is 15.7. The van der Waals surface area contributed by atoms with Gasteiger partial charge in [0, 0.05) is 0 Å². The molecule has 7 heteroatoms. The second kappa shape index (κ2) is 13.6. The molecule has 0 rings (SSSR count). The topological polar surface area (TPSA) is 77.4 Å². The van der Waals surface area contributed by atoms with E-state index in [1.165, 1.54) is 44.9 Å². The van der Waals surface area contributed by atoms with Gasteiger partial charge in [0.05, 0.1) is 0 Å². The van der Waals surface area contributed by atoms with Crippen LogP contribution in [0.2, 0.25) is 0 Å². The molecule has 4 nitrogen and oxygen atoms in total. The van der Waals surface area contributed by atoms with Gasteiger partial charge in [-0.15, -0.1) is 9.24 Å². The van der Waals surface area contributed by atoms with E-state index in [0.717, 1.165) is 5.92 Å². The third-order valence-corrected chi connectivity index (χ3v) is 4.42. The maximum absolute atomic E-state index is 8.63. The summed E-state index contributed by atoms with van der Waals surface area (Å²) in [5.41, 5.74) is 0. The Hall–Kier alpha value is 0.897. The monoisotopic (exact) mass is 320 g/mol. The van der Waals surface area contributed by atoms with Crippen molar-refractivity contribution in [2.75, 3.05) is 0 Å². The van der Waals surface area contributed by atoms with E-state index in [-0.39, 0.29) is 18.9 Å². The number of hydrogen-bond donors (Lipinski definition) is 1. The minimum Gasteiger partial charge on any atom is -0.726 e. The summed E-state index contributed by atoms with van der Waals surface area (Å²) >= 11 is 0. The zero-order chi connectivity index (χ0) is 15.5. The van der Waals surface area contributed by atoms with Crippen molar-refractivity contribution in [1.82, 2.24) is 0 Å². The summed E-state index contributed by atoms with van der Waals surface area (Å²) in [5.74, 6) is 0.914. The SMILES string of the molecule is CCCC(CC)C(P)(CCC)CCC.O=S(=O)([O-])O.[Li+]. The first-order valence-corrected chi connectivity index (χ1v) is 9.05. The molecule has 0 aliphatic heterocycles. The van der Waals surface area contributed by atoms with Crippen LogP contribution in [0.5, 0.6) is 0 Å². The van der Waals surface area contributed by atoms with Gasteiger partial charge >= 0.3 is 18.9 Å². The van der Waals surface area contributed by atoms with E-state index in [9.17, 15) is 0 Å². The van der Waals surface area contributed by atoms with Gasteiger partial charge in [0.2, 0.25) is 10.4 Å². The fourth-order valence-electron chi connectivity index (χ4n) is 2.71. The summed E-state index contributed by atoms with van der Waals surface area (Å²) in [6.07, 6.45) is 9.49. The van der Waals surface area contributed by atoms with Crippen LogP contribution in [0.25, 0.3) is 0 Å². The number of rotatable bonds is 8. The summed E-state index contributed by atoms with van der Waals surface area (Å²) in [4.78, 5) is 0. The standard InChI is InChI=1S/C13H29P.Li.H2O4S/c1-5-9-12(8-4)13(14,10-6-2)11-7-3;;1-5(2,3)4/h12H,5-11,14H2,1-4H3;;(H2,1,2,3,4)/q;+1;/p-1. The molecular formula is C13H30LiO4PS. The first kappa shape index (κ1) is 25.8. The summed E-state index contributed by atoms with van der Waals surface area (Å²) < 4.78 is 32.8. The molecule has 0 bridgehead atoms. The second-order valence-electron chi connectivity index (χ2n) is 5.05. The minimum absolute atomic E-state index is 0. The maximum Gasteiger partial charge on any atom is 1.00 e. The Morgan fingerprint density at radius 3 is 1.65 bits per heavy atom. The fourth-order valence-corrected chi connectivity index (χ4v) is 3.69. The van der Waals surface area contributed by atoms with E-state index in [4.69, 9.17) is 17.5 Å². The van der Waals surface area contributed by atoms with Crippen LogP contribution in [0.4, 0.5) is 0 Å². The summed E-state index contributed by atoms with van der Waals surface area (Å²) in [7, 11) is -1.73. The van der Waals surface area contributed by atoms with Gasteiger partial charge in [0.15, 0.2) is 0 Å². The minimum atomic E-state index is -4.92. The van der Waals surface area contributed by atoms with Crippen LogP contribution in [0, 0.1) is 5.92 Å².